The van der Waals surface area contributed by atoms with Crippen LogP contribution in [0.2, 0.25) is 0 Å². The minimum Gasteiger partial charge on any atom is -0.378 e. The first-order valence-electron chi connectivity index (χ1n) is 5.55. The normalized spacial score (nSPS) is 22.9. The molecule has 1 heterocycles. The van der Waals surface area contributed by atoms with Gasteiger partial charge in [-0.2, -0.15) is 4.37 Å². The predicted molar refractivity (Wildman–Crippen MR) is 66.0 cm³/mol. The van der Waals surface area contributed by atoms with Gasteiger partial charge >= 0.3 is 0 Å². The van der Waals surface area contributed by atoms with Gasteiger partial charge in [0.15, 0.2) is 0 Å². The molecule has 4 nitrogen and oxygen atoms in total. The fourth-order valence-electron chi connectivity index (χ4n) is 1.80. The Labute approximate surface area is 99.6 Å². The Kier molecular flexibility index (Phi) is 3.14. The molecule has 0 radical (unpaired) electrons. The number of rotatable bonds is 4. The number of hydrogen-bond acceptors (Lipinski definition) is 4. The van der Waals surface area contributed by atoms with Crippen LogP contribution < -0.4 is 10.6 Å². The topological polar surface area (TPSA) is 54.0 Å². The van der Waals surface area contributed by atoms with Crippen LogP contribution in [0.5, 0.6) is 0 Å². The first-order chi connectivity index (χ1) is 7.63. The molecular formula is C11H17N3OS. The lowest BCUT2D eigenvalue weighted by Gasteiger charge is -2.05. The molecule has 1 aliphatic rings. The van der Waals surface area contributed by atoms with E-state index in [1.807, 2.05) is 14.0 Å². The van der Waals surface area contributed by atoms with Crippen LogP contribution in [0.1, 0.15) is 29.4 Å². The molecule has 1 amide bonds. The summed E-state index contributed by atoms with van der Waals surface area (Å²) in [5.74, 6) is 1.44. The van der Waals surface area contributed by atoms with Gasteiger partial charge in [0.1, 0.15) is 5.00 Å². The molecule has 1 aromatic heterocycles. The predicted octanol–water partition coefficient (Wildman–Crippen LogP) is 1.88. The van der Waals surface area contributed by atoms with Crippen LogP contribution in [0.3, 0.4) is 0 Å². The number of anilines is 1. The lowest BCUT2D eigenvalue weighted by atomic mass is 10.2. The molecule has 0 unspecified atom stereocenters. The minimum atomic E-state index is -0.00491. The molecule has 1 saturated carbocycles. The molecule has 0 bridgehead atoms. The summed E-state index contributed by atoms with van der Waals surface area (Å²) in [6.45, 7) is 4.87. The second-order valence-electron chi connectivity index (χ2n) is 4.41. The first-order valence-corrected chi connectivity index (χ1v) is 6.33. The Morgan fingerprint density at radius 2 is 2.31 bits per heavy atom. The van der Waals surface area contributed by atoms with E-state index in [4.69, 9.17) is 0 Å². The van der Waals surface area contributed by atoms with Crippen LogP contribution in [-0.2, 0) is 0 Å². The zero-order valence-electron chi connectivity index (χ0n) is 9.83. The van der Waals surface area contributed by atoms with Gasteiger partial charge in [0.05, 0.1) is 11.3 Å². The summed E-state index contributed by atoms with van der Waals surface area (Å²) in [4.78, 5) is 12.0. The third-order valence-electron chi connectivity index (χ3n) is 3.12. The van der Waals surface area contributed by atoms with Crippen molar-refractivity contribution in [1.29, 1.82) is 0 Å². The Morgan fingerprint density at radius 1 is 1.62 bits per heavy atom. The molecule has 1 fully saturated rings. The minimum absolute atomic E-state index is 0.00491. The SMILES string of the molecule is CNc1snc(C)c1C(=O)NC[C@H]1C[C@@H]1C. The summed E-state index contributed by atoms with van der Waals surface area (Å²) in [6.07, 6.45) is 1.24. The van der Waals surface area contributed by atoms with Crippen molar-refractivity contribution >= 4 is 22.4 Å². The highest BCUT2D eigenvalue weighted by molar-refractivity contribution is 7.10. The average molecular weight is 239 g/mol. The van der Waals surface area contributed by atoms with Gasteiger partial charge in [-0.3, -0.25) is 4.79 Å². The van der Waals surface area contributed by atoms with E-state index in [9.17, 15) is 4.79 Å². The van der Waals surface area contributed by atoms with Crippen LogP contribution in [0.25, 0.3) is 0 Å². The second kappa shape index (κ2) is 4.41. The van der Waals surface area contributed by atoms with Gasteiger partial charge in [-0.05, 0) is 36.7 Å². The molecular weight excluding hydrogens is 222 g/mol. The van der Waals surface area contributed by atoms with Crippen LogP contribution in [-0.4, -0.2) is 23.9 Å². The standard InChI is InChI=1S/C11H17N3OS/c1-6-4-8(6)5-13-10(15)9-7(2)14-16-11(9)12-3/h6,8,12H,4-5H2,1-3H3,(H,13,15)/t6-,8+/m0/s1. The van der Waals surface area contributed by atoms with E-state index < -0.39 is 0 Å². The number of carbonyl (C=O) groups is 1. The van der Waals surface area contributed by atoms with Crippen LogP contribution in [0.15, 0.2) is 0 Å². The summed E-state index contributed by atoms with van der Waals surface area (Å²) in [6, 6.07) is 0. The average Bonchev–Trinajstić information content (AvgIpc) is 2.83. The number of amides is 1. The molecule has 0 saturated heterocycles. The number of aromatic nitrogens is 1. The van der Waals surface area contributed by atoms with Crippen molar-refractivity contribution in [2.24, 2.45) is 11.8 Å². The van der Waals surface area contributed by atoms with Crippen molar-refractivity contribution < 1.29 is 4.79 Å². The Morgan fingerprint density at radius 3 is 2.88 bits per heavy atom. The van der Waals surface area contributed by atoms with E-state index in [-0.39, 0.29) is 5.91 Å². The lowest BCUT2D eigenvalue weighted by Crippen LogP contribution is -2.26. The number of aryl methyl sites for hydroxylation is 1. The summed E-state index contributed by atoms with van der Waals surface area (Å²) in [5.41, 5.74) is 1.50. The van der Waals surface area contributed by atoms with Gasteiger partial charge in [-0.15, -0.1) is 0 Å². The van der Waals surface area contributed by atoms with Gasteiger partial charge in [0.2, 0.25) is 0 Å². The number of carbonyl (C=O) groups excluding carboxylic acids is 1. The zero-order chi connectivity index (χ0) is 11.7. The maximum Gasteiger partial charge on any atom is 0.256 e. The molecule has 0 spiro atoms. The molecule has 2 rings (SSSR count). The van der Waals surface area contributed by atoms with Crippen molar-refractivity contribution in [3.63, 3.8) is 0 Å². The third kappa shape index (κ3) is 2.19. The smallest absolute Gasteiger partial charge is 0.256 e. The Hall–Kier alpha value is -1.10. The van der Waals surface area contributed by atoms with Crippen molar-refractivity contribution in [3.05, 3.63) is 11.3 Å². The van der Waals surface area contributed by atoms with Crippen molar-refractivity contribution in [1.82, 2.24) is 9.69 Å². The molecule has 5 heteroatoms. The van der Waals surface area contributed by atoms with Gasteiger partial charge < -0.3 is 10.6 Å². The fourth-order valence-corrected chi connectivity index (χ4v) is 2.55. The molecule has 0 aliphatic heterocycles. The van der Waals surface area contributed by atoms with E-state index in [1.165, 1.54) is 18.0 Å². The molecule has 1 aliphatic carbocycles. The van der Waals surface area contributed by atoms with Crippen molar-refractivity contribution in [2.45, 2.75) is 20.3 Å². The monoisotopic (exact) mass is 239 g/mol. The molecule has 0 aromatic carbocycles. The lowest BCUT2D eigenvalue weighted by molar-refractivity contribution is 0.0951. The quantitative estimate of drug-likeness (QED) is 0.843. The molecule has 16 heavy (non-hydrogen) atoms. The van der Waals surface area contributed by atoms with Crippen LogP contribution in [0, 0.1) is 18.8 Å². The molecule has 2 atom stereocenters. The van der Waals surface area contributed by atoms with Crippen molar-refractivity contribution in [3.8, 4) is 0 Å². The summed E-state index contributed by atoms with van der Waals surface area (Å²) >= 11 is 1.33. The van der Waals surface area contributed by atoms with Crippen molar-refractivity contribution in [2.75, 3.05) is 18.9 Å². The summed E-state index contributed by atoms with van der Waals surface area (Å²) < 4.78 is 4.18. The number of nitrogens with one attached hydrogen (secondary N) is 2. The van der Waals surface area contributed by atoms with E-state index >= 15 is 0 Å². The number of hydrogen-bond donors (Lipinski definition) is 2. The van der Waals surface area contributed by atoms with E-state index in [0.29, 0.717) is 11.5 Å². The zero-order valence-corrected chi connectivity index (χ0v) is 10.6. The highest BCUT2D eigenvalue weighted by atomic mass is 32.1. The maximum absolute atomic E-state index is 12.0. The van der Waals surface area contributed by atoms with E-state index in [1.54, 1.807) is 0 Å². The fraction of sp³-hybridized carbons (Fsp3) is 0.636. The summed E-state index contributed by atoms with van der Waals surface area (Å²) in [7, 11) is 1.81. The maximum atomic E-state index is 12.0. The largest absolute Gasteiger partial charge is 0.378 e. The van der Waals surface area contributed by atoms with Gasteiger partial charge in [-0.1, -0.05) is 6.92 Å². The van der Waals surface area contributed by atoms with Crippen LogP contribution >= 0.6 is 11.5 Å². The number of nitrogens with zero attached hydrogens (tertiary/aromatic N) is 1. The van der Waals surface area contributed by atoms with Gasteiger partial charge in [0.25, 0.3) is 5.91 Å². The summed E-state index contributed by atoms with van der Waals surface area (Å²) in [5, 5.41) is 6.83. The molecule has 88 valence electrons. The van der Waals surface area contributed by atoms with Crippen LogP contribution in [0.4, 0.5) is 5.00 Å². The second-order valence-corrected chi connectivity index (χ2v) is 5.18. The van der Waals surface area contributed by atoms with E-state index in [0.717, 1.165) is 23.2 Å². The molecule has 2 N–H and O–H groups in total. The van der Waals surface area contributed by atoms with Gasteiger partial charge in [0, 0.05) is 13.6 Å². The van der Waals surface area contributed by atoms with E-state index in [2.05, 4.69) is 21.9 Å². The molecule has 1 aromatic rings. The highest BCUT2D eigenvalue weighted by Crippen LogP contribution is 2.36. The Balaban J connectivity index is 1.99. The Bertz CT molecular complexity index is 402. The first kappa shape index (κ1) is 11.4. The highest BCUT2D eigenvalue weighted by Gasteiger charge is 2.32. The van der Waals surface area contributed by atoms with Gasteiger partial charge in [-0.25, -0.2) is 0 Å². The third-order valence-corrected chi connectivity index (χ3v) is 4.07.